The van der Waals surface area contributed by atoms with Crippen LogP contribution < -0.4 is 4.74 Å². The summed E-state index contributed by atoms with van der Waals surface area (Å²) < 4.78 is 34.4. The number of hydrogen-bond donors (Lipinski definition) is 0. The van der Waals surface area contributed by atoms with Crippen LogP contribution in [-0.4, -0.2) is 23.7 Å². The lowest BCUT2D eigenvalue weighted by Crippen LogP contribution is -2.36. The molecule has 0 N–H and O–H groups in total. The Labute approximate surface area is 95.1 Å². The third-order valence-electron chi connectivity index (χ3n) is 1.44. The fourth-order valence-corrected chi connectivity index (χ4v) is 1.02. The first kappa shape index (κ1) is 12.6. The second-order valence-electron chi connectivity index (χ2n) is 2.68. The third-order valence-corrected chi connectivity index (χ3v) is 1.65. The smallest absolute Gasteiger partial charge is 0.459 e. The zero-order chi connectivity index (χ0) is 12.2. The molecule has 0 aliphatic heterocycles. The Morgan fingerprint density at radius 1 is 1.56 bits per heavy atom. The van der Waals surface area contributed by atoms with Crippen LogP contribution in [0.15, 0.2) is 18.5 Å². The highest BCUT2D eigenvalue weighted by atomic mass is 35.5. The molecule has 1 heterocycles. The van der Waals surface area contributed by atoms with Crippen LogP contribution in [0, 0.1) is 0 Å². The van der Waals surface area contributed by atoms with Crippen molar-refractivity contribution >= 4 is 17.6 Å². The number of hydrogen-bond acceptors (Lipinski definition) is 4. The molecule has 0 fully saturated rings. The summed E-state index contributed by atoms with van der Waals surface area (Å²) in [6.07, 6.45) is -1.79. The third kappa shape index (κ3) is 3.30. The van der Waals surface area contributed by atoms with Crippen LogP contribution in [0.5, 0.6) is 5.75 Å². The lowest BCUT2D eigenvalue weighted by atomic mass is 10.4. The molecule has 0 saturated carbocycles. The van der Waals surface area contributed by atoms with Crippen LogP contribution in [0.2, 0.25) is 5.02 Å². The van der Waals surface area contributed by atoms with Crippen molar-refractivity contribution in [2.24, 2.45) is 0 Å². The lowest BCUT2D eigenvalue weighted by molar-refractivity contribution is -0.216. The zero-order valence-electron chi connectivity index (χ0n) is 8.25. The Morgan fingerprint density at radius 2 is 2.25 bits per heavy atom. The van der Waals surface area contributed by atoms with Gasteiger partial charge in [-0.2, -0.15) is 8.78 Å². The molecular formula is C9H8ClF2NO3. The Kier molecular flexibility index (Phi) is 4.00. The van der Waals surface area contributed by atoms with Gasteiger partial charge >= 0.3 is 12.1 Å². The van der Waals surface area contributed by atoms with E-state index in [9.17, 15) is 13.6 Å². The van der Waals surface area contributed by atoms with Crippen molar-refractivity contribution in [3.05, 3.63) is 23.5 Å². The summed E-state index contributed by atoms with van der Waals surface area (Å²) in [6, 6.07) is 1.11. The summed E-state index contributed by atoms with van der Waals surface area (Å²) >= 11 is 5.51. The molecule has 0 radical (unpaired) electrons. The molecule has 0 aliphatic carbocycles. The molecule has 0 aromatic carbocycles. The van der Waals surface area contributed by atoms with Gasteiger partial charge in [0, 0.05) is 12.3 Å². The number of nitrogens with zero attached hydrogens (tertiary/aromatic N) is 1. The SMILES string of the molecule is CCOC(=O)C(F)(F)Oc1cncc(Cl)c1. The highest BCUT2D eigenvalue weighted by Crippen LogP contribution is 2.24. The van der Waals surface area contributed by atoms with Crippen molar-refractivity contribution < 1.29 is 23.0 Å². The highest BCUT2D eigenvalue weighted by molar-refractivity contribution is 6.30. The van der Waals surface area contributed by atoms with Gasteiger partial charge in [-0.05, 0) is 6.92 Å². The summed E-state index contributed by atoms with van der Waals surface area (Å²) in [5.41, 5.74) is 0. The molecule has 1 rings (SSSR count). The maximum Gasteiger partial charge on any atom is 0.502 e. The van der Waals surface area contributed by atoms with E-state index in [2.05, 4.69) is 14.5 Å². The van der Waals surface area contributed by atoms with Gasteiger partial charge in [-0.3, -0.25) is 4.98 Å². The number of carbonyl (C=O) groups excluding carboxylic acids is 1. The predicted molar refractivity (Wildman–Crippen MR) is 51.5 cm³/mol. The van der Waals surface area contributed by atoms with E-state index in [4.69, 9.17) is 11.6 Å². The Morgan fingerprint density at radius 3 is 2.81 bits per heavy atom. The Hall–Kier alpha value is -1.43. The molecule has 0 bridgehead atoms. The quantitative estimate of drug-likeness (QED) is 0.770. The van der Waals surface area contributed by atoms with Crippen LogP contribution in [0.4, 0.5) is 8.78 Å². The van der Waals surface area contributed by atoms with Crippen molar-refractivity contribution in [3.63, 3.8) is 0 Å². The average Bonchev–Trinajstić information content (AvgIpc) is 2.17. The van der Waals surface area contributed by atoms with Gasteiger partial charge in [0.25, 0.3) is 0 Å². The number of alkyl halides is 2. The van der Waals surface area contributed by atoms with E-state index >= 15 is 0 Å². The summed E-state index contributed by atoms with van der Waals surface area (Å²) in [6.45, 7) is 1.25. The van der Waals surface area contributed by atoms with Gasteiger partial charge in [0.15, 0.2) is 0 Å². The van der Waals surface area contributed by atoms with Gasteiger partial charge in [-0.15, -0.1) is 0 Å². The van der Waals surface area contributed by atoms with Gasteiger partial charge in [-0.25, -0.2) is 4.79 Å². The van der Waals surface area contributed by atoms with Crippen LogP contribution in [0.3, 0.4) is 0 Å². The number of pyridine rings is 1. The summed E-state index contributed by atoms with van der Waals surface area (Å²) in [5, 5.41) is 0.122. The minimum absolute atomic E-state index is 0.122. The highest BCUT2D eigenvalue weighted by Gasteiger charge is 2.44. The van der Waals surface area contributed by atoms with Crippen molar-refractivity contribution in [1.29, 1.82) is 0 Å². The molecule has 1 aromatic rings. The van der Waals surface area contributed by atoms with Crippen molar-refractivity contribution in [2.45, 2.75) is 13.0 Å². The van der Waals surface area contributed by atoms with Crippen LogP contribution in [0.25, 0.3) is 0 Å². The van der Waals surface area contributed by atoms with Gasteiger partial charge < -0.3 is 9.47 Å². The second-order valence-corrected chi connectivity index (χ2v) is 3.11. The van der Waals surface area contributed by atoms with Gasteiger partial charge in [0.05, 0.1) is 17.8 Å². The minimum atomic E-state index is -4.05. The molecule has 0 spiro atoms. The topological polar surface area (TPSA) is 48.4 Å². The van der Waals surface area contributed by atoms with Gasteiger partial charge in [0.1, 0.15) is 5.75 Å². The van der Waals surface area contributed by atoms with Crippen LogP contribution in [0.1, 0.15) is 6.92 Å². The van der Waals surface area contributed by atoms with Crippen molar-refractivity contribution in [1.82, 2.24) is 4.98 Å². The van der Waals surface area contributed by atoms with E-state index in [0.717, 1.165) is 12.3 Å². The summed E-state index contributed by atoms with van der Waals surface area (Å²) in [4.78, 5) is 14.3. The predicted octanol–water partition coefficient (Wildman–Crippen LogP) is 2.27. The molecular weight excluding hydrogens is 244 g/mol. The molecule has 0 amide bonds. The lowest BCUT2D eigenvalue weighted by Gasteiger charge is -2.15. The largest absolute Gasteiger partial charge is 0.502 e. The standard InChI is InChI=1S/C9H8ClF2NO3/c1-2-15-8(14)9(11,12)16-7-3-6(10)4-13-5-7/h3-5H,2H2,1H3. The maximum absolute atomic E-state index is 13.1. The van der Waals surface area contributed by atoms with E-state index < -0.39 is 12.1 Å². The molecule has 4 nitrogen and oxygen atoms in total. The fourth-order valence-electron chi connectivity index (χ4n) is 0.853. The number of carbonyl (C=O) groups is 1. The number of esters is 1. The van der Waals surface area contributed by atoms with E-state index in [1.54, 1.807) is 0 Å². The second kappa shape index (κ2) is 5.07. The van der Waals surface area contributed by atoms with Crippen molar-refractivity contribution in [3.8, 4) is 5.75 Å². The first-order chi connectivity index (χ1) is 7.45. The zero-order valence-corrected chi connectivity index (χ0v) is 9.00. The first-order valence-corrected chi connectivity index (χ1v) is 4.68. The molecule has 0 atom stereocenters. The van der Waals surface area contributed by atoms with E-state index in [-0.39, 0.29) is 17.4 Å². The molecule has 88 valence electrons. The van der Waals surface area contributed by atoms with E-state index in [0.29, 0.717) is 0 Å². The minimum Gasteiger partial charge on any atom is -0.459 e. The summed E-state index contributed by atoms with van der Waals surface area (Å²) in [5.74, 6) is -2.07. The molecule has 0 unspecified atom stereocenters. The average molecular weight is 252 g/mol. The number of aromatic nitrogens is 1. The molecule has 0 saturated heterocycles. The Balaban J connectivity index is 2.75. The fraction of sp³-hybridized carbons (Fsp3) is 0.333. The summed E-state index contributed by atoms with van der Waals surface area (Å²) in [7, 11) is 0. The number of ether oxygens (including phenoxy) is 2. The number of rotatable bonds is 4. The number of halogens is 3. The molecule has 0 aliphatic rings. The van der Waals surface area contributed by atoms with Crippen LogP contribution >= 0.6 is 11.6 Å². The monoisotopic (exact) mass is 251 g/mol. The van der Waals surface area contributed by atoms with E-state index in [1.165, 1.54) is 13.1 Å². The van der Waals surface area contributed by atoms with Gasteiger partial charge in [-0.1, -0.05) is 11.6 Å². The molecule has 16 heavy (non-hydrogen) atoms. The first-order valence-electron chi connectivity index (χ1n) is 4.30. The van der Waals surface area contributed by atoms with Gasteiger partial charge in [0.2, 0.25) is 0 Å². The van der Waals surface area contributed by atoms with Crippen molar-refractivity contribution in [2.75, 3.05) is 6.61 Å². The Bertz CT molecular complexity index is 387. The maximum atomic E-state index is 13.1. The molecule has 7 heteroatoms. The van der Waals surface area contributed by atoms with E-state index in [1.807, 2.05) is 0 Å². The normalized spacial score (nSPS) is 11.0. The molecule has 1 aromatic heterocycles. The van der Waals surface area contributed by atoms with Crippen LogP contribution in [-0.2, 0) is 9.53 Å².